The Morgan fingerprint density at radius 3 is 2.32 bits per heavy atom. The Morgan fingerprint density at radius 2 is 1.84 bits per heavy atom. The SMILES string of the molecule is CC1(CO)NCC(C)(c2cc(F)cc(F)c2)NC1=O. The lowest BCUT2D eigenvalue weighted by Gasteiger charge is -2.43. The molecule has 1 saturated heterocycles. The average Bonchev–Trinajstić information content (AvgIpc) is 2.33. The zero-order chi connectivity index (χ0) is 14.3. The van der Waals surface area contributed by atoms with E-state index in [1.165, 1.54) is 12.1 Å². The highest BCUT2D eigenvalue weighted by Gasteiger charge is 2.44. The molecule has 104 valence electrons. The Bertz CT molecular complexity index is 503. The molecule has 0 spiro atoms. The fourth-order valence-corrected chi connectivity index (χ4v) is 2.06. The van der Waals surface area contributed by atoms with E-state index in [9.17, 15) is 18.7 Å². The second-order valence-corrected chi connectivity index (χ2v) is 5.29. The molecule has 1 aliphatic heterocycles. The predicted molar refractivity (Wildman–Crippen MR) is 65.3 cm³/mol. The van der Waals surface area contributed by atoms with Crippen LogP contribution in [0.4, 0.5) is 8.78 Å². The Hall–Kier alpha value is -1.53. The number of benzene rings is 1. The van der Waals surface area contributed by atoms with Crippen LogP contribution in [0.1, 0.15) is 19.4 Å². The van der Waals surface area contributed by atoms with Gasteiger partial charge in [0.25, 0.3) is 0 Å². The van der Waals surface area contributed by atoms with Crippen LogP contribution in [0.2, 0.25) is 0 Å². The van der Waals surface area contributed by atoms with Gasteiger partial charge in [0.15, 0.2) is 0 Å². The van der Waals surface area contributed by atoms with Crippen molar-refractivity contribution in [3.05, 3.63) is 35.4 Å². The largest absolute Gasteiger partial charge is 0.394 e. The summed E-state index contributed by atoms with van der Waals surface area (Å²) >= 11 is 0. The summed E-state index contributed by atoms with van der Waals surface area (Å²) in [6.07, 6.45) is 0. The molecule has 1 fully saturated rings. The number of hydrogen-bond donors (Lipinski definition) is 3. The molecule has 19 heavy (non-hydrogen) atoms. The van der Waals surface area contributed by atoms with Gasteiger partial charge in [-0.1, -0.05) is 0 Å². The van der Waals surface area contributed by atoms with Crippen LogP contribution in [0.5, 0.6) is 0 Å². The Balaban J connectivity index is 2.33. The third-order valence-corrected chi connectivity index (χ3v) is 3.54. The number of nitrogens with one attached hydrogen (secondary N) is 2. The van der Waals surface area contributed by atoms with E-state index >= 15 is 0 Å². The molecule has 1 aromatic rings. The third kappa shape index (κ3) is 2.46. The number of aliphatic hydroxyl groups excluding tert-OH is 1. The van der Waals surface area contributed by atoms with E-state index in [1.807, 2.05) is 0 Å². The average molecular weight is 270 g/mol. The van der Waals surface area contributed by atoms with Crippen LogP contribution < -0.4 is 10.6 Å². The van der Waals surface area contributed by atoms with Gasteiger partial charge in [0, 0.05) is 12.6 Å². The monoisotopic (exact) mass is 270 g/mol. The number of carbonyl (C=O) groups excluding carboxylic acids is 1. The molecule has 1 aromatic carbocycles. The number of carbonyl (C=O) groups is 1. The summed E-state index contributed by atoms with van der Waals surface area (Å²) in [6, 6.07) is 3.15. The molecule has 0 bridgehead atoms. The zero-order valence-corrected chi connectivity index (χ0v) is 10.8. The Labute approximate surface area is 109 Å². The first kappa shape index (κ1) is 13.9. The normalized spacial score (nSPS) is 31.1. The summed E-state index contributed by atoms with van der Waals surface area (Å²) in [4.78, 5) is 12.0. The molecule has 6 heteroatoms. The van der Waals surface area contributed by atoms with Crippen LogP contribution in [0.25, 0.3) is 0 Å². The van der Waals surface area contributed by atoms with Crippen molar-refractivity contribution in [2.75, 3.05) is 13.2 Å². The maximum absolute atomic E-state index is 13.3. The van der Waals surface area contributed by atoms with E-state index < -0.39 is 28.6 Å². The van der Waals surface area contributed by atoms with Crippen LogP contribution in [0.15, 0.2) is 18.2 Å². The van der Waals surface area contributed by atoms with Crippen LogP contribution in [0, 0.1) is 11.6 Å². The van der Waals surface area contributed by atoms with E-state index in [2.05, 4.69) is 10.6 Å². The van der Waals surface area contributed by atoms with Gasteiger partial charge >= 0.3 is 0 Å². The van der Waals surface area contributed by atoms with Gasteiger partial charge in [0.05, 0.1) is 12.1 Å². The lowest BCUT2D eigenvalue weighted by Crippen LogP contribution is -2.70. The van der Waals surface area contributed by atoms with Crippen LogP contribution >= 0.6 is 0 Å². The van der Waals surface area contributed by atoms with Crippen LogP contribution in [0.3, 0.4) is 0 Å². The molecule has 2 unspecified atom stereocenters. The summed E-state index contributed by atoms with van der Waals surface area (Å²) in [5.41, 5.74) is -1.66. The highest BCUT2D eigenvalue weighted by Crippen LogP contribution is 2.26. The van der Waals surface area contributed by atoms with Gasteiger partial charge in [0.2, 0.25) is 5.91 Å². The van der Waals surface area contributed by atoms with Crippen molar-refractivity contribution in [3.8, 4) is 0 Å². The van der Waals surface area contributed by atoms with Crippen molar-refractivity contribution in [2.45, 2.75) is 24.9 Å². The molecule has 3 N–H and O–H groups in total. The molecular formula is C13H16F2N2O2. The number of rotatable bonds is 2. The van der Waals surface area contributed by atoms with Gasteiger partial charge in [-0.3, -0.25) is 10.1 Å². The van der Waals surface area contributed by atoms with E-state index in [4.69, 9.17) is 0 Å². The van der Waals surface area contributed by atoms with Gasteiger partial charge in [-0.2, -0.15) is 0 Å². The molecule has 2 atom stereocenters. The third-order valence-electron chi connectivity index (χ3n) is 3.54. The van der Waals surface area contributed by atoms with Gasteiger partial charge in [0.1, 0.15) is 17.2 Å². The van der Waals surface area contributed by atoms with E-state index in [0.717, 1.165) is 6.07 Å². The molecule has 0 radical (unpaired) electrons. The van der Waals surface area contributed by atoms with Crippen LogP contribution in [-0.4, -0.2) is 29.7 Å². The van der Waals surface area contributed by atoms with E-state index in [0.29, 0.717) is 5.56 Å². The second-order valence-electron chi connectivity index (χ2n) is 5.29. The van der Waals surface area contributed by atoms with Gasteiger partial charge < -0.3 is 10.4 Å². The van der Waals surface area contributed by atoms with Crippen molar-refractivity contribution in [2.24, 2.45) is 0 Å². The lowest BCUT2D eigenvalue weighted by molar-refractivity contribution is -0.133. The maximum Gasteiger partial charge on any atom is 0.243 e. The van der Waals surface area contributed by atoms with Gasteiger partial charge in [-0.25, -0.2) is 8.78 Å². The highest BCUT2D eigenvalue weighted by molar-refractivity contribution is 5.87. The van der Waals surface area contributed by atoms with Crippen molar-refractivity contribution < 1.29 is 18.7 Å². The molecule has 0 saturated carbocycles. The van der Waals surface area contributed by atoms with Crippen molar-refractivity contribution in [1.29, 1.82) is 0 Å². The smallest absolute Gasteiger partial charge is 0.243 e. The van der Waals surface area contributed by atoms with Crippen molar-refractivity contribution >= 4 is 5.91 Å². The van der Waals surface area contributed by atoms with E-state index in [1.54, 1.807) is 13.8 Å². The lowest BCUT2D eigenvalue weighted by atomic mass is 9.85. The number of piperazine rings is 1. The highest BCUT2D eigenvalue weighted by atomic mass is 19.1. The minimum Gasteiger partial charge on any atom is -0.394 e. The zero-order valence-electron chi connectivity index (χ0n) is 10.8. The maximum atomic E-state index is 13.3. The summed E-state index contributed by atoms with van der Waals surface area (Å²) in [6.45, 7) is 3.14. The Kier molecular flexibility index (Phi) is 3.32. The number of aliphatic hydroxyl groups is 1. The van der Waals surface area contributed by atoms with Gasteiger partial charge in [-0.05, 0) is 31.5 Å². The molecule has 4 nitrogen and oxygen atoms in total. The van der Waals surface area contributed by atoms with Crippen LogP contribution in [-0.2, 0) is 10.3 Å². The summed E-state index contributed by atoms with van der Waals surface area (Å²) in [5.74, 6) is -1.80. The molecule has 1 amide bonds. The topological polar surface area (TPSA) is 61.4 Å². The molecule has 0 aromatic heterocycles. The van der Waals surface area contributed by atoms with Gasteiger partial charge in [-0.15, -0.1) is 0 Å². The fourth-order valence-electron chi connectivity index (χ4n) is 2.06. The summed E-state index contributed by atoms with van der Waals surface area (Å²) in [5, 5.41) is 14.8. The molecule has 2 rings (SSSR count). The Morgan fingerprint density at radius 1 is 1.26 bits per heavy atom. The standard InChI is InChI=1S/C13H16F2N2O2/c1-12(8-3-9(14)5-10(15)4-8)6-16-13(2,7-18)11(19)17-12/h3-5,16,18H,6-7H2,1-2H3,(H,17,19). The van der Waals surface area contributed by atoms with E-state index in [-0.39, 0.29) is 13.2 Å². The van der Waals surface area contributed by atoms with Crippen molar-refractivity contribution in [1.82, 2.24) is 10.6 Å². The predicted octanol–water partition coefficient (Wildman–Crippen LogP) is 0.650. The minimum absolute atomic E-state index is 0.263. The number of amides is 1. The van der Waals surface area contributed by atoms with Crippen molar-refractivity contribution in [3.63, 3.8) is 0 Å². The fraction of sp³-hybridized carbons (Fsp3) is 0.462. The first-order valence-electron chi connectivity index (χ1n) is 5.94. The number of hydrogen-bond acceptors (Lipinski definition) is 3. The molecule has 1 aliphatic rings. The molecule has 0 aliphatic carbocycles. The quantitative estimate of drug-likeness (QED) is 0.739. The minimum atomic E-state index is -1.08. The molecule has 1 heterocycles. The first-order chi connectivity index (χ1) is 8.79. The molecular weight excluding hydrogens is 254 g/mol. The number of halogens is 2. The second kappa shape index (κ2) is 4.54. The summed E-state index contributed by atoms with van der Waals surface area (Å²) in [7, 11) is 0. The summed E-state index contributed by atoms with van der Waals surface area (Å²) < 4.78 is 26.5. The first-order valence-corrected chi connectivity index (χ1v) is 5.94.